The lowest BCUT2D eigenvalue weighted by molar-refractivity contribution is 0.638. The van der Waals surface area contributed by atoms with Crippen LogP contribution in [0.4, 0.5) is 11.4 Å². The van der Waals surface area contributed by atoms with Crippen molar-refractivity contribution in [1.82, 2.24) is 18.7 Å². The van der Waals surface area contributed by atoms with E-state index >= 15 is 0 Å². The van der Waals surface area contributed by atoms with Crippen LogP contribution in [0.1, 0.15) is 39.1 Å². The topological polar surface area (TPSA) is 58.0 Å². The summed E-state index contributed by atoms with van der Waals surface area (Å²) in [5.41, 5.74) is 12.5. The third kappa shape index (κ3) is 6.73. The Bertz CT molecular complexity index is 2580. The number of aromatic nitrogens is 4. The standard InChI is InChI=1S/C44H42N6S5/c1-23(2)21-49(7)29-13-9-27(10-14-29)31-17-33-35(51-31)19-37(53-33)39-41-42(46-26(6)25(5)45-41)40(44-43(39)47-55-48-44)38-20-36-34(54-38)18-32(52-36)28-11-15-30(16-12-28)50(8)22-24(3)4/h9-20,23-24H,21-22H2,1-8H3. The second-order valence-corrected chi connectivity index (χ2v) is 20.2. The molecule has 11 heteroatoms. The third-order valence-corrected chi connectivity index (χ3v) is 15.4. The van der Waals surface area contributed by atoms with Gasteiger partial charge in [-0.15, -0.1) is 45.3 Å². The van der Waals surface area contributed by atoms with Crippen LogP contribution in [0, 0.1) is 25.7 Å². The maximum atomic E-state index is 5.24. The van der Waals surface area contributed by atoms with Crippen molar-refractivity contribution >= 4 is 109 Å². The Labute approximate surface area is 342 Å². The normalized spacial score (nSPS) is 12.1. The van der Waals surface area contributed by atoms with Gasteiger partial charge in [0.25, 0.3) is 0 Å². The fourth-order valence-corrected chi connectivity index (χ4v) is 12.9. The number of nitrogens with zero attached hydrogens (tertiary/aromatic N) is 6. The molecule has 0 unspecified atom stereocenters. The van der Waals surface area contributed by atoms with Crippen LogP contribution >= 0.6 is 57.1 Å². The zero-order valence-corrected chi connectivity index (χ0v) is 36.3. The minimum atomic E-state index is 0.620. The number of hydrogen-bond acceptors (Lipinski definition) is 11. The van der Waals surface area contributed by atoms with Crippen molar-refractivity contribution in [2.75, 3.05) is 37.0 Å². The smallest absolute Gasteiger partial charge is 0.116 e. The van der Waals surface area contributed by atoms with Gasteiger partial charge in [0.2, 0.25) is 0 Å². The molecule has 0 bridgehead atoms. The Morgan fingerprint density at radius 1 is 0.491 bits per heavy atom. The second kappa shape index (κ2) is 14.4. The van der Waals surface area contributed by atoms with Crippen LogP contribution in [0.15, 0.2) is 72.8 Å². The first kappa shape index (κ1) is 36.4. The summed E-state index contributed by atoms with van der Waals surface area (Å²) in [5.74, 6) is 1.24. The van der Waals surface area contributed by atoms with Crippen molar-refractivity contribution in [2.45, 2.75) is 41.5 Å². The van der Waals surface area contributed by atoms with Gasteiger partial charge >= 0.3 is 0 Å². The van der Waals surface area contributed by atoms with Crippen molar-refractivity contribution in [1.29, 1.82) is 0 Å². The van der Waals surface area contributed by atoms with Gasteiger partial charge in [-0.05, 0) is 85.3 Å². The van der Waals surface area contributed by atoms with E-state index in [0.717, 1.165) is 67.4 Å². The maximum absolute atomic E-state index is 5.24. The van der Waals surface area contributed by atoms with Gasteiger partial charge in [0.15, 0.2) is 0 Å². The van der Waals surface area contributed by atoms with Gasteiger partial charge in [-0.1, -0.05) is 52.0 Å². The molecule has 3 aromatic carbocycles. The van der Waals surface area contributed by atoms with E-state index in [9.17, 15) is 0 Å². The number of anilines is 2. The number of hydrogen-bond donors (Lipinski definition) is 0. The van der Waals surface area contributed by atoms with E-state index in [1.165, 1.54) is 62.8 Å². The molecule has 0 aliphatic rings. The highest BCUT2D eigenvalue weighted by Crippen LogP contribution is 2.50. The lowest BCUT2D eigenvalue weighted by Gasteiger charge is -2.21. The average Bonchev–Trinajstić information content (AvgIpc) is 3.98. The molecule has 6 heterocycles. The fourth-order valence-electron chi connectivity index (χ4n) is 7.43. The Morgan fingerprint density at radius 2 is 0.836 bits per heavy atom. The highest BCUT2D eigenvalue weighted by molar-refractivity contribution is 7.31. The molecule has 0 aliphatic heterocycles. The van der Waals surface area contributed by atoms with Gasteiger partial charge in [-0.3, -0.25) is 0 Å². The van der Waals surface area contributed by atoms with E-state index in [4.69, 9.17) is 18.7 Å². The van der Waals surface area contributed by atoms with Gasteiger partial charge < -0.3 is 9.80 Å². The first-order valence-corrected chi connectivity index (χ1v) is 22.6. The lowest BCUT2D eigenvalue weighted by atomic mass is 10.0. The Kier molecular flexibility index (Phi) is 9.49. The molecule has 9 aromatic rings. The zero-order chi connectivity index (χ0) is 38.1. The summed E-state index contributed by atoms with van der Waals surface area (Å²) in [7, 11) is 4.34. The van der Waals surface area contributed by atoms with Crippen molar-refractivity contribution in [3.63, 3.8) is 0 Å². The molecular weight excluding hydrogens is 773 g/mol. The molecule has 0 saturated carbocycles. The molecule has 0 saturated heterocycles. The van der Waals surface area contributed by atoms with Gasteiger partial charge in [0.05, 0.1) is 23.1 Å². The average molecular weight is 815 g/mol. The molecule has 0 radical (unpaired) electrons. The molecule has 9 rings (SSSR count). The molecule has 0 spiro atoms. The van der Waals surface area contributed by atoms with E-state index in [1.807, 2.05) is 45.3 Å². The van der Waals surface area contributed by atoms with E-state index in [-0.39, 0.29) is 0 Å². The second-order valence-electron chi connectivity index (χ2n) is 15.3. The number of benzene rings is 3. The quantitative estimate of drug-likeness (QED) is 0.137. The summed E-state index contributed by atoms with van der Waals surface area (Å²) in [4.78, 5) is 20.0. The highest BCUT2D eigenvalue weighted by Gasteiger charge is 2.26. The van der Waals surface area contributed by atoms with Crippen LogP contribution in [0.5, 0.6) is 0 Å². The summed E-state index contributed by atoms with van der Waals surface area (Å²) in [5, 5.41) is 0. The summed E-state index contributed by atoms with van der Waals surface area (Å²) < 4.78 is 15.0. The molecule has 0 aliphatic carbocycles. The zero-order valence-electron chi connectivity index (χ0n) is 32.2. The largest absolute Gasteiger partial charge is 0.374 e. The molecule has 278 valence electrons. The Morgan fingerprint density at radius 3 is 1.20 bits per heavy atom. The molecule has 0 amide bonds. The van der Waals surface area contributed by atoms with Gasteiger partial charge in [-0.2, -0.15) is 8.75 Å². The SMILES string of the molecule is Cc1nc2c(-c3cc4sc(-c5ccc(N(C)CC(C)C)cc5)cc4s3)c3nsnc3c(-c3cc4sc(-c5ccc(N(C)CC(C)C)cc5)cc4s3)c2nc1C. The Balaban J connectivity index is 1.08. The van der Waals surface area contributed by atoms with Gasteiger partial charge in [0, 0.05) is 88.0 Å². The van der Waals surface area contributed by atoms with Crippen molar-refractivity contribution in [2.24, 2.45) is 11.8 Å². The maximum Gasteiger partial charge on any atom is 0.116 e. The molecule has 6 aromatic heterocycles. The predicted molar refractivity (Wildman–Crippen MR) is 244 cm³/mol. The monoisotopic (exact) mass is 814 g/mol. The summed E-state index contributed by atoms with van der Waals surface area (Å²) in [6.45, 7) is 15.2. The fraction of sp³-hybridized carbons (Fsp3) is 0.273. The van der Waals surface area contributed by atoms with E-state index in [0.29, 0.717) is 11.8 Å². The van der Waals surface area contributed by atoms with Crippen LogP contribution < -0.4 is 9.80 Å². The van der Waals surface area contributed by atoms with Crippen molar-refractivity contribution in [3.05, 3.63) is 84.2 Å². The molecule has 0 fully saturated rings. The first-order chi connectivity index (χ1) is 26.5. The van der Waals surface area contributed by atoms with E-state index in [1.54, 1.807) is 0 Å². The van der Waals surface area contributed by atoms with Crippen LogP contribution in [0.25, 0.3) is 82.6 Å². The third-order valence-electron chi connectivity index (χ3n) is 10.1. The molecule has 6 nitrogen and oxygen atoms in total. The highest BCUT2D eigenvalue weighted by atomic mass is 32.1. The lowest BCUT2D eigenvalue weighted by Crippen LogP contribution is -2.22. The number of thiophene rings is 4. The summed E-state index contributed by atoms with van der Waals surface area (Å²) in [6, 6.07) is 27.3. The minimum Gasteiger partial charge on any atom is -0.374 e. The molecule has 0 N–H and O–H groups in total. The summed E-state index contributed by atoms with van der Waals surface area (Å²) in [6.07, 6.45) is 0. The summed E-state index contributed by atoms with van der Waals surface area (Å²) >= 11 is 8.57. The molecular formula is C44H42N6S5. The molecule has 55 heavy (non-hydrogen) atoms. The minimum absolute atomic E-state index is 0.620. The van der Waals surface area contributed by atoms with Crippen LogP contribution in [-0.2, 0) is 0 Å². The number of fused-ring (bicyclic) bond motifs is 4. The first-order valence-electron chi connectivity index (χ1n) is 18.6. The van der Waals surface area contributed by atoms with Crippen molar-refractivity contribution in [3.8, 4) is 41.8 Å². The predicted octanol–water partition coefficient (Wildman–Crippen LogP) is 13.7. The molecule has 0 atom stereocenters. The van der Waals surface area contributed by atoms with Crippen LogP contribution in [-0.4, -0.2) is 45.9 Å². The Hall–Kier alpha value is -4.26. The van der Waals surface area contributed by atoms with Crippen LogP contribution in [0.3, 0.4) is 0 Å². The van der Waals surface area contributed by atoms with E-state index < -0.39 is 0 Å². The van der Waals surface area contributed by atoms with Crippen molar-refractivity contribution < 1.29 is 0 Å². The number of aryl methyl sites for hydroxylation is 2. The number of rotatable bonds is 10. The van der Waals surface area contributed by atoms with Gasteiger partial charge in [0.1, 0.15) is 22.1 Å². The van der Waals surface area contributed by atoms with E-state index in [2.05, 4.69) is 138 Å². The van der Waals surface area contributed by atoms with Gasteiger partial charge in [-0.25, -0.2) is 9.97 Å². The van der Waals surface area contributed by atoms with Crippen LogP contribution in [0.2, 0.25) is 0 Å².